The van der Waals surface area contributed by atoms with Crippen LogP contribution in [-0.4, -0.2) is 31.6 Å². The molecule has 0 aromatic heterocycles. The highest BCUT2D eigenvalue weighted by molar-refractivity contribution is 7.89. The average Bonchev–Trinajstić information content (AvgIpc) is 2.33. The van der Waals surface area contributed by atoms with E-state index >= 15 is 0 Å². The first-order chi connectivity index (χ1) is 8.34. The second kappa shape index (κ2) is 4.48. The van der Waals surface area contributed by atoms with E-state index in [-0.39, 0.29) is 23.8 Å². The fraction of sp³-hybridized carbons (Fsp3) is 0.462. The molecule has 1 aromatic carbocycles. The van der Waals surface area contributed by atoms with Gasteiger partial charge in [0.15, 0.2) is 0 Å². The lowest BCUT2D eigenvalue weighted by Gasteiger charge is -2.35. The van der Waals surface area contributed by atoms with Crippen LogP contribution in [0.15, 0.2) is 35.2 Å². The van der Waals surface area contributed by atoms with Gasteiger partial charge in [-0.2, -0.15) is 4.31 Å². The zero-order valence-corrected chi connectivity index (χ0v) is 11.4. The number of sulfonamides is 1. The van der Waals surface area contributed by atoms with Crippen LogP contribution in [0.2, 0.25) is 0 Å². The van der Waals surface area contributed by atoms with Crippen molar-refractivity contribution < 1.29 is 13.2 Å². The summed E-state index contributed by atoms with van der Waals surface area (Å²) in [4.78, 5) is 12.0. The molecule has 0 N–H and O–H groups in total. The normalized spacial score (nSPS) is 20.9. The van der Waals surface area contributed by atoms with Crippen LogP contribution in [0.5, 0.6) is 0 Å². The molecule has 1 heterocycles. The lowest BCUT2D eigenvalue weighted by molar-refractivity contribution is -0.129. The highest BCUT2D eigenvalue weighted by Gasteiger charge is 2.39. The van der Waals surface area contributed by atoms with Gasteiger partial charge >= 0.3 is 0 Å². The van der Waals surface area contributed by atoms with Gasteiger partial charge in [0.05, 0.1) is 4.90 Å². The van der Waals surface area contributed by atoms with E-state index in [1.807, 2.05) is 0 Å². The third kappa shape index (κ3) is 2.33. The molecule has 4 nitrogen and oxygen atoms in total. The van der Waals surface area contributed by atoms with Crippen molar-refractivity contribution in [3.8, 4) is 0 Å². The molecule has 0 aliphatic carbocycles. The summed E-state index contributed by atoms with van der Waals surface area (Å²) in [6, 6.07) is 8.35. The smallest absolute Gasteiger partial charge is 0.243 e. The van der Waals surface area contributed by atoms with Crippen molar-refractivity contribution in [1.82, 2.24) is 4.31 Å². The Kier molecular flexibility index (Phi) is 3.29. The number of hydrogen-bond donors (Lipinski definition) is 0. The molecule has 0 unspecified atom stereocenters. The molecular formula is C13H17NO3S. The van der Waals surface area contributed by atoms with Crippen molar-refractivity contribution in [2.75, 3.05) is 13.1 Å². The summed E-state index contributed by atoms with van der Waals surface area (Å²) in [6.45, 7) is 4.12. The number of piperidine rings is 1. The summed E-state index contributed by atoms with van der Waals surface area (Å²) in [7, 11) is -3.48. The molecule has 1 fully saturated rings. The van der Waals surface area contributed by atoms with Crippen LogP contribution < -0.4 is 0 Å². The molecule has 0 atom stereocenters. The number of carbonyl (C=O) groups excluding carboxylic acids is 1. The van der Waals surface area contributed by atoms with Crippen LogP contribution >= 0.6 is 0 Å². The largest absolute Gasteiger partial charge is 0.299 e. The minimum Gasteiger partial charge on any atom is -0.299 e. The summed E-state index contributed by atoms with van der Waals surface area (Å²) in [5.74, 6) is 0.127. The molecule has 1 aliphatic rings. The summed E-state index contributed by atoms with van der Waals surface area (Å²) in [5, 5.41) is 0. The predicted octanol–water partition coefficient (Wildman–Crippen LogP) is 1.68. The molecule has 0 saturated carbocycles. The van der Waals surface area contributed by atoms with Crippen LogP contribution in [0.4, 0.5) is 0 Å². The maximum Gasteiger partial charge on any atom is 0.243 e. The molecule has 0 bridgehead atoms. The first-order valence-corrected chi connectivity index (χ1v) is 7.36. The fourth-order valence-corrected chi connectivity index (χ4v) is 3.74. The Morgan fingerprint density at radius 3 is 2.33 bits per heavy atom. The van der Waals surface area contributed by atoms with Gasteiger partial charge in [0, 0.05) is 24.9 Å². The van der Waals surface area contributed by atoms with Crippen molar-refractivity contribution in [2.24, 2.45) is 5.41 Å². The second-order valence-electron chi connectivity index (χ2n) is 5.21. The summed E-state index contributed by atoms with van der Waals surface area (Å²) in [5.41, 5.74) is -0.597. The lowest BCUT2D eigenvalue weighted by Crippen LogP contribution is -2.48. The van der Waals surface area contributed by atoms with E-state index in [0.717, 1.165) is 0 Å². The van der Waals surface area contributed by atoms with Crippen LogP contribution in [0.1, 0.15) is 20.3 Å². The minimum atomic E-state index is -3.48. The Morgan fingerprint density at radius 1 is 1.17 bits per heavy atom. The van der Waals surface area contributed by atoms with Crippen LogP contribution in [0.25, 0.3) is 0 Å². The predicted molar refractivity (Wildman–Crippen MR) is 68.6 cm³/mol. The van der Waals surface area contributed by atoms with E-state index in [0.29, 0.717) is 6.42 Å². The fourth-order valence-electron chi connectivity index (χ4n) is 2.12. The monoisotopic (exact) mass is 267 g/mol. The quantitative estimate of drug-likeness (QED) is 0.819. The van der Waals surface area contributed by atoms with Gasteiger partial charge in [-0.1, -0.05) is 32.0 Å². The molecular weight excluding hydrogens is 250 g/mol. The third-order valence-electron chi connectivity index (χ3n) is 3.30. The van der Waals surface area contributed by atoms with Gasteiger partial charge in [-0.3, -0.25) is 4.79 Å². The Morgan fingerprint density at radius 2 is 1.78 bits per heavy atom. The molecule has 2 rings (SSSR count). The van der Waals surface area contributed by atoms with Crippen molar-refractivity contribution >= 4 is 15.8 Å². The zero-order valence-electron chi connectivity index (χ0n) is 10.6. The van der Waals surface area contributed by atoms with Crippen molar-refractivity contribution in [3.05, 3.63) is 30.3 Å². The van der Waals surface area contributed by atoms with Gasteiger partial charge in [-0.25, -0.2) is 8.42 Å². The lowest BCUT2D eigenvalue weighted by atomic mass is 9.84. The number of hydrogen-bond acceptors (Lipinski definition) is 3. The van der Waals surface area contributed by atoms with Gasteiger partial charge in [-0.15, -0.1) is 0 Å². The molecule has 0 radical (unpaired) electrons. The zero-order chi connectivity index (χ0) is 13.4. The standard InChI is InChI=1S/C13H17NO3S/c1-13(2)10-14(9-8-12(13)15)18(16,17)11-6-4-3-5-7-11/h3-7H,8-10H2,1-2H3. The van der Waals surface area contributed by atoms with E-state index in [2.05, 4.69) is 0 Å². The number of Topliss-reactive ketones (excluding diaryl/α,β-unsaturated/α-hetero) is 1. The number of nitrogens with zero attached hydrogens (tertiary/aromatic N) is 1. The summed E-state index contributed by atoms with van der Waals surface area (Å²) < 4.78 is 26.2. The summed E-state index contributed by atoms with van der Waals surface area (Å²) in [6.07, 6.45) is 0.291. The van der Waals surface area contributed by atoms with Gasteiger partial charge in [0.2, 0.25) is 10.0 Å². The number of benzene rings is 1. The van der Waals surface area contributed by atoms with E-state index < -0.39 is 15.4 Å². The maximum atomic E-state index is 12.4. The molecule has 0 amide bonds. The Labute approximate surface area is 108 Å². The molecule has 98 valence electrons. The van der Waals surface area contributed by atoms with Gasteiger partial charge in [-0.05, 0) is 12.1 Å². The molecule has 0 spiro atoms. The maximum absolute atomic E-state index is 12.4. The van der Waals surface area contributed by atoms with E-state index in [4.69, 9.17) is 0 Å². The van der Waals surface area contributed by atoms with Gasteiger partial charge < -0.3 is 0 Å². The van der Waals surface area contributed by atoms with Crippen LogP contribution in [0.3, 0.4) is 0 Å². The van der Waals surface area contributed by atoms with E-state index in [9.17, 15) is 13.2 Å². The Balaban J connectivity index is 2.30. The number of carbonyl (C=O) groups is 1. The highest BCUT2D eigenvalue weighted by atomic mass is 32.2. The van der Waals surface area contributed by atoms with Crippen molar-refractivity contribution in [2.45, 2.75) is 25.2 Å². The SMILES string of the molecule is CC1(C)CN(S(=O)(=O)c2ccccc2)CCC1=O. The Hall–Kier alpha value is -1.20. The number of ketones is 1. The third-order valence-corrected chi connectivity index (χ3v) is 5.16. The van der Waals surface area contributed by atoms with Crippen LogP contribution in [-0.2, 0) is 14.8 Å². The molecule has 1 aliphatic heterocycles. The second-order valence-corrected chi connectivity index (χ2v) is 7.15. The molecule has 1 aromatic rings. The average molecular weight is 267 g/mol. The topological polar surface area (TPSA) is 54.5 Å². The highest BCUT2D eigenvalue weighted by Crippen LogP contribution is 2.29. The molecule has 5 heteroatoms. The molecule has 1 saturated heterocycles. The van der Waals surface area contributed by atoms with Crippen LogP contribution in [0, 0.1) is 5.41 Å². The molecule has 18 heavy (non-hydrogen) atoms. The summed E-state index contributed by atoms with van der Waals surface area (Å²) >= 11 is 0. The van der Waals surface area contributed by atoms with E-state index in [1.54, 1.807) is 44.2 Å². The van der Waals surface area contributed by atoms with E-state index in [1.165, 1.54) is 4.31 Å². The van der Waals surface area contributed by atoms with Gasteiger partial charge in [0.25, 0.3) is 0 Å². The Bertz CT molecular complexity index is 549. The van der Waals surface area contributed by atoms with Gasteiger partial charge in [0.1, 0.15) is 5.78 Å². The number of rotatable bonds is 2. The first-order valence-electron chi connectivity index (χ1n) is 5.92. The minimum absolute atomic E-state index is 0.127. The first kappa shape index (κ1) is 13.2. The van der Waals surface area contributed by atoms with Crippen molar-refractivity contribution in [1.29, 1.82) is 0 Å². The van der Waals surface area contributed by atoms with Crippen molar-refractivity contribution in [3.63, 3.8) is 0 Å².